The monoisotopic (exact) mass is 221 g/mol. The number of hydrogen-bond acceptors (Lipinski definition) is 4. The van der Waals surface area contributed by atoms with Gasteiger partial charge in [0.05, 0.1) is 6.61 Å². The molecule has 0 aromatic heterocycles. The summed E-state index contributed by atoms with van der Waals surface area (Å²) in [5.41, 5.74) is 0. The van der Waals surface area contributed by atoms with Crippen molar-refractivity contribution in [1.82, 2.24) is 5.32 Å². The maximum absolute atomic E-state index is 5.23. The molecule has 0 saturated carbocycles. The van der Waals surface area contributed by atoms with E-state index < -0.39 is 0 Å². The number of thioether (sulfide) groups is 1. The molecule has 4 heteroatoms. The zero-order chi connectivity index (χ0) is 10.5. The fraction of sp³-hybridized carbons (Fsp3) is 1.00. The van der Waals surface area contributed by atoms with Crippen molar-refractivity contribution in [3.8, 4) is 0 Å². The lowest BCUT2D eigenvalue weighted by atomic mass is 10.4. The van der Waals surface area contributed by atoms with E-state index in [1.165, 1.54) is 0 Å². The van der Waals surface area contributed by atoms with Crippen molar-refractivity contribution in [2.24, 2.45) is 0 Å². The number of hydrogen-bond donors (Lipinski definition) is 1. The van der Waals surface area contributed by atoms with Gasteiger partial charge in [-0.25, -0.2) is 0 Å². The van der Waals surface area contributed by atoms with Crippen LogP contribution < -0.4 is 5.32 Å². The van der Waals surface area contributed by atoms with Crippen molar-refractivity contribution >= 4 is 11.8 Å². The first-order chi connectivity index (χ1) is 6.91. The Balaban J connectivity index is 2.78. The molecule has 0 aliphatic heterocycles. The number of rotatable bonds is 11. The van der Waals surface area contributed by atoms with Crippen LogP contribution in [0.5, 0.6) is 0 Å². The van der Waals surface area contributed by atoms with Gasteiger partial charge in [-0.15, -0.1) is 0 Å². The number of ether oxygens (including phenoxy) is 2. The smallest absolute Gasteiger partial charge is 0.0552 e. The van der Waals surface area contributed by atoms with Crippen molar-refractivity contribution in [2.75, 3.05) is 51.5 Å². The molecule has 3 nitrogen and oxygen atoms in total. The van der Waals surface area contributed by atoms with Crippen LogP contribution >= 0.6 is 11.8 Å². The molecule has 14 heavy (non-hydrogen) atoms. The SMILES string of the molecule is CCOCCCNCCSCCOC. The van der Waals surface area contributed by atoms with Gasteiger partial charge in [-0.05, 0) is 19.9 Å². The van der Waals surface area contributed by atoms with E-state index in [9.17, 15) is 0 Å². The van der Waals surface area contributed by atoms with Gasteiger partial charge in [-0.3, -0.25) is 0 Å². The quantitative estimate of drug-likeness (QED) is 0.534. The Labute approximate surface area is 91.9 Å². The summed E-state index contributed by atoms with van der Waals surface area (Å²) in [7, 11) is 1.74. The molecule has 0 bridgehead atoms. The number of nitrogens with one attached hydrogen (secondary N) is 1. The van der Waals surface area contributed by atoms with E-state index in [4.69, 9.17) is 9.47 Å². The van der Waals surface area contributed by atoms with Gasteiger partial charge in [0.15, 0.2) is 0 Å². The van der Waals surface area contributed by atoms with Gasteiger partial charge in [-0.1, -0.05) is 0 Å². The fourth-order valence-electron chi connectivity index (χ4n) is 0.957. The minimum atomic E-state index is 0.826. The molecule has 0 aromatic rings. The van der Waals surface area contributed by atoms with Crippen molar-refractivity contribution in [3.63, 3.8) is 0 Å². The molecule has 0 aliphatic carbocycles. The zero-order valence-corrected chi connectivity index (χ0v) is 10.2. The summed E-state index contributed by atoms with van der Waals surface area (Å²) in [6.07, 6.45) is 1.11. The summed E-state index contributed by atoms with van der Waals surface area (Å²) in [4.78, 5) is 0. The molecular weight excluding hydrogens is 198 g/mol. The molecule has 0 saturated heterocycles. The van der Waals surface area contributed by atoms with Crippen LogP contribution in [0.15, 0.2) is 0 Å². The van der Waals surface area contributed by atoms with Gasteiger partial charge in [-0.2, -0.15) is 11.8 Å². The molecule has 0 spiro atoms. The van der Waals surface area contributed by atoms with Gasteiger partial charge in [0, 0.05) is 38.4 Å². The highest BCUT2D eigenvalue weighted by Crippen LogP contribution is 1.96. The molecule has 0 aliphatic rings. The van der Waals surface area contributed by atoms with Crippen LogP contribution in [-0.2, 0) is 9.47 Å². The highest BCUT2D eigenvalue weighted by Gasteiger charge is 1.90. The first-order valence-corrected chi connectivity index (χ1v) is 6.42. The van der Waals surface area contributed by atoms with Crippen LogP contribution in [0.2, 0.25) is 0 Å². The summed E-state index contributed by atoms with van der Waals surface area (Å²) < 4.78 is 10.2. The molecule has 0 radical (unpaired) electrons. The minimum Gasteiger partial charge on any atom is -0.384 e. The summed E-state index contributed by atoms with van der Waals surface area (Å²) in [5.74, 6) is 2.26. The van der Waals surface area contributed by atoms with E-state index in [2.05, 4.69) is 5.32 Å². The van der Waals surface area contributed by atoms with Gasteiger partial charge >= 0.3 is 0 Å². The molecule has 1 N–H and O–H groups in total. The van der Waals surface area contributed by atoms with E-state index in [1.807, 2.05) is 18.7 Å². The second kappa shape index (κ2) is 13.2. The Hall–Kier alpha value is 0.230. The molecular formula is C10H23NO2S. The first kappa shape index (κ1) is 14.2. The molecule has 0 rings (SSSR count). The Morgan fingerprint density at radius 2 is 2.00 bits per heavy atom. The van der Waals surface area contributed by atoms with E-state index in [0.29, 0.717) is 0 Å². The third-order valence-corrected chi connectivity index (χ3v) is 2.65. The van der Waals surface area contributed by atoms with Crippen molar-refractivity contribution in [3.05, 3.63) is 0 Å². The molecule has 0 fully saturated rings. The first-order valence-electron chi connectivity index (χ1n) is 5.27. The summed E-state index contributed by atoms with van der Waals surface area (Å²) in [6.45, 7) is 6.73. The standard InChI is InChI=1S/C10H23NO2S/c1-3-13-7-4-5-11-6-9-14-10-8-12-2/h11H,3-10H2,1-2H3. The van der Waals surface area contributed by atoms with Crippen LogP contribution in [0.3, 0.4) is 0 Å². The average Bonchev–Trinajstić information content (AvgIpc) is 2.21. The molecule has 86 valence electrons. The zero-order valence-electron chi connectivity index (χ0n) is 9.38. The van der Waals surface area contributed by atoms with Crippen molar-refractivity contribution in [1.29, 1.82) is 0 Å². The number of methoxy groups -OCH3 is 1. The second-order valence-corrected chi connectivity index (χ2v) is 4.13. The lowest BCUT2D eigenvalue weighted by molar-refractivity contribution is 0.145. The Morgan fingerprint density at radius 3 is 2.71 bits per heavy atom. The maximum atomic E-state index is 5.23. The largest absolute Gasteiger partial charge is 0.384 e. The summed E-state index contributed by atoms with van der Waals surface area (Å²) >= 11 is 1.93. The predicted octanol–water partition coefficient (Wildman–Crippen LogP) is 1.38. The normalized spacial score (nSPS) is 10.7. The molecule has 0 aromatic carbocycles. The third-order valence-electron chi connectivity index (χ3n) is 1.70. The fourth-order valence-corrected chi connectivity index (χ4v) is 1.73. The van der Waals surface area contributed by atoms with E-state index >= 15 is 0 Å². The van der Waals surface area contributed by atoms with Crippen LogP contribution in [0, 0.1) is 0 Å². The Morgan fingerprint density at radius 1 is 1.14 bits per heavy atom. The van der Waals surface area contributed by atoms with Crippen LogP contribution in [-0.4, -0.2) is 51.5 Å². The molecule has 0 heterocycles. The highest BCUT2D eigenvalue weighted by atomic mass is 32.2. The van der Waals surface area contributed by atoms with Gasteiger partial charge in [0.25, 0.3) is 0 Å². The lowest BCUT2D eigenvalue weighted by Gasteiger charge is -2.04. The Bertz CT molecular complexity index is 92.1. The minimum absolute atomic E-state index is 0.826. The molecule has 0 amide bonds. The van der Waals surface area contributed by atoms with Crippen LogP contribution in [0.4, 0.5) is 0 Å². The topological polar surface area (TPSA) is 30.5 Å². The van der Waals surface area contributed by atoms with Crippen molar-refractivity contribution in [2.45, 2.75) is 13.3 Å². The maximum Gasteiger partial charge on any atom is 0.0552 e. The predicted molar refractivity (Wildman–Crippen MR) is 63.2 cm³/mol. The van der Waals surface area contributed by atoms with Gasteiger partial charge in [0.2, 0.25) is 0 Å². The van der Waals surface area contributed by atoms with E-state index in [-0.39, 0.29) is 0 Å². The van der Waals surface area contributed by atoms with Gasteiger partial charge in [0.1, 0.15) is 0 Å². The summed E-state index contributed by atoms with van der Waals surface area (Å²) in [5, 5.41) is 3.38. The van der Waals surface area contributed by atoms with Crippen LogP contribution in [0.1, 0.15) is 13.3 Å². The third kappa shape index (κ3) is 12.2. The lowest BCUT2D eigenvalue weighted by Crippen LogP contribution is -2.20. The molecule has 0 unspecified atom stereocenters. The van der Waals surface area contributed by atoms with Gasteiger partial charge < -0.3 is 14.8 Å². The van der Waals surface area contributed by atoms with Crippen molar-refractivity contribution < 1.29 is 9.47 Å². The average molecular weight is 221 g/mol. The van der Waals surface area contributed by atoms with E-state index in [1.54, 1.807) is 7.11 Å². The second-order valence-electron chi connectivity index (χ2n) is 2.91. The molecule has 0 atom stereocenters. The Kier molecular flexibility index (Phi) is 13.4. The van der Waals surface area contributed by atoms with Crippen LogP contribution in [0.25, 0.3) is 0 Å². The highest BCUT2D eigenvalue weighted by molar-refractivity contribution is 7.99. The summed E-state index contributed by atoms with van der Waals surface area (Å²) in [6, 6.07) is 0. The van der Waals surface area contributed by atoms with E-state index in [0.717, 1.165) is 50.8 Å².